The van der Waals surface area contributed by atoms with Crippen molar-refractivity contribution in [3.8, 4) is 0 Å². The number of alkyl halides is 3. The predicted molar refractivity (Wildman–Crippen MR) is 66.8 cm³/mol. The quantitative estimate of drug-likeness (QED) is 0.570. The molecule has 2 nitrogen and oxygen atoms in total. The van der Waals surface area contributed by atoms with E-state index in [1.807, 2.05) is 0 Å². The van der Waals surface area contributed by atoms with Crippen molar-refractivity contribution in [1.82, 2.24) is 9.97 Å². The van der Waals surface area contributed by atoms with Gasteiger partial charge in [0.05, 0.1) is 16.6 Å². The summed E-state index contributed by atoms with van der Waals surface area (Å²) in [6.45, 7) is 1.41. The zero-order chi connectivity index (χ0) is 13.6. The lowest BCUT2D eigenvalue weighted by Gasteiger charge is -2.13. The van der Waals surface area contributed by atoms with Crippen LogP contribution in [0.15, 0.2) is 36.7 Å². The molecule has 0 bridgehead atoms. The number of hydrogen-bond donors (Lipinski definition) is 0. The first-order valence-corrected chi connectivity index (χ1v) is 5.69. The molecule has 2 heterocycles. The molecule has 0 amide bonds. The second kappa shape index (κ2) is 3.91. The topological polar surface area (TPSA) is 25.8 Å². The maximum atomic E-state index is 13.1. The molecule has 0 fully saturated rings. The molecule has 19 heavy (non-hydrogen) atoms. The number of aromatic nitrogens is 2. The SMILES string of the molecule is Cc1cnc2c(cnc3ccccc32)c1C(F)(F)F. The van der Waals surface area contributed by atoms with Gasteiger partial charge in [-0.3, -0.25) is 9.97 Å². The van der Waals surface area contributed by atoms with Crippen LogP contribution in [0.25, 0.3) is 21.8 Å². The van der Waals surface area contributed by atoms with E-state index in [4.69, 9.17) is 0 Å². The van der Waals surface area contributed by atoms with E-state index in [0.717, 1.165) is 0 Å². The van der Waals surface area contributed by atoms with Gasteiger partial charge in [-0.05, 0) is 18.6 Å². The molecule has 3 rings (SSSR count). The van der Waals surface area contributed by atoms with Gasteiger partial charge in [0, 0.05) is 23.2 Å². The summed E-state index contributed by atoms with van der Waals surface area (Å²) >= 11 is 0. The highest BCUT2D eigenvalue weighted by molar-refractivity contribution is 6.04. The molecule has 0 spiro atoms. The van der Waals surface area contributed by atoms with Crippen LogP contribution in [0.1, 0.15) is 11.1 Å². The summed E-state index contributed by atoms with van der Waals surface area (Å²) in [5, 5.41) is 0.678. The molecule has 0 saturated carbocycles. The Bertz CT molecular complexity index is 779. The van der Waals surface area contributed by atoms with Crippen molar-refractivity contribution < 1.29 is 13.2 Å². The van der Waals surface area contributed by atoms with Gasteiger partial charge in [-0.25, -0.2) is 0 Å². The number of hydrogen-bond acceptors (Lipinski definition) is 2. The average molecular weight is 262 g/mol. The third kappa shape index (κ3) is 1.82. The fraction of sp³-hybridized carbons (Fsp3) is 0.143. The van der Waals surface area contributed by atoms with Gasteiger partial charge in [0.2, 0.25) is 0 Å². The average Bonchev–Trinajstić information content (AvgIpc) is 2.36. The monoisotopic (exact) mass is 262 g/mol. The minimum absolute atomic E-state index is 0.0474. The van der Waals surface area contributed by atoms with Crippen LogP contribution in [0.2, 0.25) is 0 Å². The number of halogens is 3. The van der Waals surface area contributed by atoms with Crippen molar-refractivity contribution in [1.29, 1.82) is 0 Å². The third-order valence-electron chi connectivity index (χ3n) is 3.08. The third-order valence-corrected chi connectivity index (χ3v) is 3.08. The van der Waals surface area contributed by atoms with E-state index in [1.54, 1.807) is 24.3 Å². The van der Waals surface area contributed by atoms with Crippen LogP contribution in [0.5, 0.6) is 0 Å². The smallest absolute Gasteiger partial charge is 0.255 e. The van der Waals surface area contributed by atoms with Crippen LogP contribution in [-0.2, 0) is 6.18 Å². The summed E-state index contributed by atoms with van der Waals surface area (Å²) in [4.78, 5) is 8.23. The Balaban J connectivity index is 2.51. The molecule has 0 unspecified atom stereocenters. The number of rotatable bonds is 0. The molecule has 0 radical (unpaired) electrons. The second-order valence-electron chi connectivity index (χ2n) is 4.35. The van der Waals surface area contributed by atoms with Crippen molar-refractivity contribution in [3.63, 3.8) is 0 Å². The molecule has 0 saturated heterocycles. The van der Waals surface area contributed by atoms with E-state index in [-0.39, 0.29) is 10.9 Å². The van der Waals surface area contributed by atoms with Crippen molar-refractivity contribution in [3.05, 3.63) is 47.8 Å². The normalized spacial score (nSPS) is 12.2. The molecule has 3 aromatic rings. The Hall–Kier alpha value is -2.17. The summed E-state index contributed by atoms with van der Waals surface area (Å²) in [7, 11) is 0. The Morgan fingerprint density at radius 1 is 0.947 bits per heavy atom. The Labute approximate surface area is 106 Å². The van der Waals surface area contributed by atoms with Crippen molar-refractivity contribution >= 4 is 21.8 Å². The predicted octanol–water partition coefficient (Wildman–Crippen LogP) is 4.11. The number of benzene rings is 1. The van der Waals surface area contributed by atoms with Crippen LogP contribution < -0.4 is 0 Å². The number of aryl methyl sites for hydroxylation is 1. The Morgan fingerprint density at radius 3 is 2.42 bits per heavy atom. The Kier molecular flexibility index (Phi) is 2.45. The fourth-order valence-corrected chi connectivity index (χ4v) is 2.26. The molecule has 1 aromatic carbocycles. The molecular formula is C14H9F3N2. The zero-order valence-electron chi connectivity index (χ0n) is 9.99. The summed E-state index contributed by atoms with van der Waals surface area (Å²) in [5.74, 6) is 0. The van der Waals surface area contributed by atoms with E-state index < -0.39 is 11.7 Å². The van der Waals surface area contributed by atoms with Gasteiger partial charge in [0.1, 0.15) is 0 Å². The van der Waals surface area contributed by atoms with Crippen LogP contribution in [0.4, 0.5) is 13.2 Å². The van der Waals surface area contributed by atoms with E-state index in [1.165, 1.54) is 19.3 Å². The number of pyridine rings is 2. The van der Waals surface area contributed by atoms with Crippen LogP contribution in [0, 0.1) is 6.92 Å². The van der Waals surface area contributed by atoms with Crippen molar-refractivity contribution in [2.45, 2.75) is 13.1 Å². The van der Waals surface area contributed by atoms with Crippen LogP contribution >= 0.6 is 0 Å². The first-order chi connectivity index (χ1) is 8.98. The van der Waals surface area contributed by atoms with Gasteiger partial charge in [-0.15, -0.1) is 0 Å². The first kappa shape index (κ1) is 11.9. The molecule has 5 heteroatoms. The number of nitrogens with zero attached hydrogens (tertiary/aromatic N) is 2. The lowest BCUT2D eigenvalue weighted by Crippen LogP contribution is -2.09. The maximum Gasteiger partial charge on any atom is 0.417 e. The van der Waals surface area contributed by atoms with Gasteiger partial charge in [-0.1, -0.05) is 18.2 Å². The molecule has 0 aliphatic rings. The molecule has 2 aromatic heterocycles. The highest BCUT2D eigenvalue weighted by atomic mass is 19.4. The van der Waals surface area contributed by atoms with Gasteiger partial charge in [-0.2, -0.15) is 13.2 Å². The molecule has 0 aliphatic heterocycles. The van der Waals surface area contributed by atoms with Crippen molar-refractivity contribution in [2.75, 3.05) is 0 Å². The minimum atomic E-state index is -4.41. The molecule has 0 atom stereocenters. The molecular weight excluding hydrogens is 253 g/mol. The van der Waals surface area contributed by atoms with Gasteiger partial charge < -0.3 is 0 Å². The van der Waals surface area contributed by atoms with Crippen LogP contribution in [0.3, 0.4) is 0 Å². The summed E-state index contributed by atoms with van der Waals surface area (Å²) in [6, 6.07) is 7.04. The molecule has 0 N–H and O–H groups in total. The van der Waals surface area contributed by atoms with Gasteiger partial charge in [0.25, 0.3) is 0 Å². The van der Waals surface area contributed by atoms with Gasteiger partial charge >= 0.3 is 6.18 Å². The first-order valence-electron chi connectivity index (χ1n) is 5.69. The summed E-state index contributed by atoms with van der Waals surface area (Å²) in [6.07, 6.45) is -1.90. The second-order valence-corrected chi connectivity index (χ2v) is 4.35. The largest absolute Gasteiger partial charge is 0.417 e. The molecule has 96 valence electrons. The Morgan fingerprint density at radius 2 is 1.68 bits per heavy atom. The number of fused-ring (bicyclic) bond motifs is 3. The van der Waals surface area contributed by atoms with Crippen molar-refractivity contribution in [2.24, 2.45) is 0 Å². The summed E-state index contributed by atoms with van der Waals surface area (Å²) < 4.78 is 39.4. The summed E-state index contributed by atoms with van der Waals surface area (Å²) in [5.41, 5.74) is 0.427. The van der Waals surface area contributed by atoms with E-state index in [0.29, 0.717) is 16.4 Å². The lowest BCUT2D eigenvalue weighted by atomic mass is 10.0. The zero-order valence-corrected chi connectivity index (χ0v) is 9.99. The highest BCUT2D eigenvalue weighted by Gasteiger charge is 2.35. The lowest BCUT2D eigenvalue weighted by molar-refractivity contribution is -0.136. The van der Waals surface area contributed by atoms with E-state index >= 15 is 0 Å². The van der Waals surface area contributed by atoms with Crippen LogP contribution in [-0.4, -0.2) is 9.97 Å². The minimum Gasteiger partial charge on any atom is -0.255 e. The number of para-hydroxylation sites is 1. The standard InChI is InChI=1S/C14H9F3N2/c1-8-6-19-13-9-4-2-3-5-11(9)18-7-10(13)12(8)14(15,16)17/h2-7H,1H3. The highest BCUT2D eigenvalue weighted by Crippen LogP contribution is 2.37. The van der Waals surface area contributed by atoms with E-state index in [9.17, 15) is 13.2 Å². The maximum absolute atomic E-state index is 13.1. The molecule has 0 aliphatic carbocycles. The fourth-order valence-electron chi connectivity index (χ4n) is 2.26. The van der Waals surface area contributed by atoms with Gasteiger partial charge in [0.15, 0.2) is 0 Å². The van der Waals surface area contributed by atoms with E-state index in [2.05, 4.69) is 9.97 Å².